The Balaban J connectivity index is 0. The third-order valence-electron chi connectivity index (χ3n) is 0. The zero-order valence-corrected chi connectivity index (χ0v) is 2.66. The SMILES string of the molecule is O.O=[P]=O. The molecule has 0 spiro atoms. The normalized spacial score (nSPS) is 2.00. The molecule has 0 saturated carbocycles. The second-order valence-corrected chi connectivity index (χ2v) is 0.224. The summed E-state index contributed by atoms with van der Waals surface area (Å²) in [5.41, 5.74) is 0. The van der Waals surface area contributed by atoms with Crippen molar-refractivity contribution in [2.45, 2.75) is 0 Å². The van der Waals surface area contributed by atoms with E-state index in [9.17, 15) is 0 Å². The average Bonchev–Trinajstić information content (AvgIpc) is 0.918. The van der Waals surface area contributed by atoms with Crippen molar-refractivity contribution >= 4 is 8.34 Å². The Kier molecular flexibility index (Phi) is 27.2. The van der Waals surface area contributed by atoms with Gasteiger partial charge >= 0.3 is 17.5 Å². The molecule has 0 fully saturated rings. The molecule has 0 aromatic rings. The molecule has 0 amide bonds. The first-order valence-electron chi connectivity index (χ1n) is 0.365. The van der Waals surface area contributed by atoms with Crippen LogP contribution in [0.25, 0.3) is 0 Å². The van der Waals surface area contributed by atoms with Gasteiger partial charge in [0.1, 0.15) is 0 Å². The summed E-state index contributed by atoms with van der Waals surface area (Å²) < 4.78 is 16.7. The van der Waals surface area contributed by atoms with Gasteiger partial charge < -0.3 is 5.48 Å². The van der Waals surface area contributed by atoms with Gasteiger partial charge in [-0.1, -0.05) is 0 Å². The Morgan fingerprint density at radius 1 is 1.25 bits per heavy atom. The molecule has 0 saturated heterocycles. The van der Waals surface area contributed by atoms with E-state index in [2.05, 4.69) is 0 Å². The summed E-state index contributed by atoms with van der Waals surface area (Å²) >= 11 is 0. The predicted molar refractivity (Wildman–Crippen MR) is 11.9 cm³/mol. The van der Waals surface area contributed by atoms with Crippen LogP contribution in [0.5, 0.6) is 0 Å². The fourth-order valence-electron chi connectivity index (χ4n) is 0. The van der Waals surface area contributed by atoms with Crippen molar-refractivity contribution in [1.29, 1.82) is 0 Å². The molecule has 0 heterocycles. The zero-order valence-electron chi connectivity index (χ0n) is 1.76. The van der Waals surface area contributed by atoms with Crippen molar-refractivity contribution in [3.05, 3.63) is 0 Å². The maximum absolute atomic E-state index is 8.35. The van der Waals surface area contributed by atoms with Crippen molar-refractivity contribution in [2.24, 2.45) is 0 Å². The van der Waals surface area contributed by atoms with Gasteiger partial charge in [-0.15, -0.1) is 0 Å². The molecular formula is H2O3P. The van der Waals surface area contributed by atoms with Crippen molar-refractivity contribution in [1.82, 2.24) is 0 Å². The van der Waals surface area contributed by atoms with Crippen LogP contribution in [0.3, 0.4) is 0 Å². The third-order valence-corrected chi connectivity index (χ3v) is 0. The van der Waals surface area contributed by atoms with E-state index in [0.717, 1.165) is 0 Å². The van der Waals surface area contributed by atoms with Crippen LogP contribution in [0.2, 0.25) is 0 Å². The summed E-state index contributed by atoms with van der Waals surface area (Å²) in [6, 6.07) is 0. The molecule has 0 aromatic heterocycles. The molecule has 0 rings (SSSR count). The summed E-state index contributed by atoms with van der Waals surface area (Å²) in [5, 5.41) is 0. The van der Waals surface area contributed by atoms with E-state index in [0.29, 0.717) is 0 Å². The van der Waals surface area contributed by atoms with Gasteiger partial charge in [-0.25, -0.2) is 0 Å². The van der Waals surface area contributed by atoms with E-state index in [4.69, 9.17) is 9.13 Å². The fourth-order valence-corrected chi connectivity index (χ4v) is 0. The standard InChI is InChI=1S/O2P.H2O/c1-3-2;/h;1H2. The van der Waals surface area contributed by atoms with Gasteiger partial charge in [0.25, 0.3) is 0 Å². The molecule has 3 nitrogen and oxygen atoms in total. The molecule has 4 heteroatoms. The Morgan fingerprint density at radius 3 is 1.25 bits per heavy atom. The molecule has 1 radical (unpaired) electrons. The quantitative estimate of drug-likeness (QED) is 0.379. The average molecular weight is 81.0 g/mol. The monoisotopic (exact) mass is 81.0 g/mol. The number of hydrogen-bond acceptors (Lipinski definition) is 2. The van der Waals surface area contributed by atoms with Crippen LogP contribution in [-0.4, -0.2) is 5.48 Å². The van der Waals surface area contributed by atoms with Crippen molar-refractivity contribution in [3.8, 4) is 0 Å². The van der Waals surface area contributed by atoms with Crippen molar-refractivity contribution in [3.63, 3.8) is 0 Å². The van der Waals surface area contributed by atoms with Crippen LogP contribution in [-0.2, 0) is 9.13 Å². The van der Waals surface area contributed by atoms with Gasteiger partial charge in [-0.05, 0) is 0 Å². The van der Waals surface area contributed by atoms with Crippen LogP contribution in [0, 0.1) is 0 Å². The van der Waals surface area contributed by atoms with Gasteiger partial charge in [-0.2, -0.15) is 0 Å². The number of hydrogen-bond donors (Lipinski definition) is 0. The van der Waals surface area contributed by atoms with E-state index in [1.807, 2.05) is 0 Å². The summed E-state index contributed by atoms with van der Waals surface area (Å²) in [4.78, 5) is 0. The van der Waals surface area contributed by atoms with Gasteiger partial charge in [0.15, 0.2) is 0 Å². The Hall–Kier alpha value is -0.0100. The molecule has 25 valence electrons. The van der Waals surface area contributed by atoms with Gasteiger partial charge in [0.05, 0.1) is 0 Å². The molecule has 0 atom stereocenters. The summed E-state index contributed by atoms with van der Waals surface area (Å²) in [5.74, 6) is 0. The van der Waals surface area contributed by atoms with Gasteiger partial charge in [0.2, 0.25) is 0 Å². The van der Waals surface area contributed by atoms with E-state index in [1.165, 1.54) is 0 Å². The Labute approximate surface area is 24.2 Å². The molecule has 0 unspecified atom stereocenters. The van der Waals surface area contributed by atoms with Crippen molar-refractivity contribution in [2.75, 3.05) is 0 Å². The first-order valence-corrected chi connectivity index (χ1v) is 1.10. The topological polar surface area (TPSA) is 65.6 Å². The zero-order chi connectivity index (χ0) is 2.71. The molecule has 2 N–H and O–H groups in total. The minimum absolute atomic E-state index is 0. The van der Waals surface area contributed by atoms with Crippen LogP contribution in [0.1, 0.15) is 0 Å². The minimum atomic E-state index is -1.08. The van der Waals surface area contributed by atoms with Crippen LogP contribution in [0.4, 0.5) is 0 Å². The fraction of sp³-hybridized carbons (Fsp3) is 0. The van der Waals surface area contributed by atoms with E-state index in [1.54, 1.807) is 0 Å². The van der Waals surface area contributed by atoms with E-state index < -0.39 is 8.34 Å². The summed E-state index contributed by atoms with van der Waals surface area (Å²) in [6.07, 6.45) is 0. The molecule has 0 aliphatic rings. The third kappa shape index (κ3) is 19500. The first-order chi connectivity index (χ1) is 1.41. The molecule has 0 bridgehead atoms. The van der Waals surface area contributed by atoms with Crippen LogP contribution in [0.15, 0.2) is 0 Å². The Morgan fingerprint density at radius 2 is 1.25 bits per heavy atom. The molecule has 0 aliphatic heterocycles. The van der Waals surface area contributed by atoms with Gasteiger partial charge in [0, 0.05) is 0 Å². The molecule has 0 aliphatic carbocycles. The number of rotatable bonds is 0. The van der Waals surface area contributed by atoms with E-state index >= 15 is 0 Å². The second-order valence-electron chi connectivity index (χ2n) is 0.0745. The second kappa shape index (κ2) is 12.1. The summed E-state index contributed by atoms with van der Waals surface area (Å²) in [7, 11) is -1.08. The van der Waals surface area contributed by atoms with E-state index in [-0.39, 0.29) is 5.48 Å². The van der Waals surface area contributed by atoms with Crippen LogP contribution >= 0.6 is 8.34 Å². The summed E-state index contributed by atoms with van der Waals surface area (Å²) in [6.45, 7) is 0. The van der Waals surface area contributed by atoms with Crippen molar-refractivity contribution < 1.29 is 14.6 Å². The Bertz CT molecular complexity index is 24.3. The molecule has 4 heavy (non-hydrogen) atoms. The molecular weight excluding hydrogens is 79.0 g/mol. The predicted octanol–water partition coefficient (Wildman–Crippen LogP) is -0.201. The maximum atomic E-state index is 8.35. The molecule has 0 aromatic carbocycles. The first kappa shape index (κ1) is 9.01. The van der Waals surface area contributed by atoms with Crippen LogP contribution < -0.4 is 0 Å². The van der Waals surface area contributed by atoms with Gasteiger partial charge in [-0.3, -0.25) is 0 Å².